The summed E-state index contributed by atoms with van der Waals surface area (Å²) in [4.78, 5) is 32.1. The predicted molar refractivity (Wildman–Crippen MR) is 126 cm³/mol. The van der Waals surface area contributed by atoms with E-state index in [1.165, 1.54) is 22.2 Å². The molecule has 1 amide bonds. The first kappa shape index (κ1) is 20.2. The molecule has 0 aliphatic carbocycles. The average Bonchev–Trinajstić information content (AvgIpc) is 3.35. The van der Waals surface area contributed by atoms with Crippen molar-refractivity contribution in [3.63, 3.8) is 0 Å². The molecule has 1 atom stereocenters. The first-order valence-corrected chi connectivity index (χ1v) is 11.1. The molecule has 160 valence electrons. The van der Waals surface area contributed by atoms with Gasteiger partial charge in [0, 0.05) is 10.3 Å². The second-order valence-corrected chi connectivity index (χ2v) is 8.94. The van der Waals surface area contributed by atoms with Crippen LogP contribution in [0.3, 0.4) is 0 Å². The lowest BCUT2D eigenvalue weighted by Crippen LogP contribution is -2.35. The number of hydrogen-bond donors (Lipinski definition) is 1. The van der Waals surface area contributed by atoms with Crippen molar-refractivity contribution in [1.82, 2.24) is 14.9 Å². The van der Waals surface area contributed by atoms with Crippen molar-refractivity contribution in [3.8, 4) is 0 Å². The van der Waals surface area contributed by atoms with Crippen LogP contribution in [0.15, 0.2) is 76.2 Å². The van der Waals surface area contributed by atoms with E-state index >= 15 is 0 Å². The summed E-state index contributed by atoms with van der Waals surface area (Å²) in [5, 5.41) is 4.58. The van der Waals surface area contributed by atoms with Crippen LogP contribution in [0.5, 0.6) is 0 Å². The Morgan fingerprint density at radius 1 is 1.12 bits per heavy atom. The Balaban J connectivity index is 1.47. The van der Waals surface area contributed by atoms with Crippen LogP contribution in [0.1, 0.15) is 27.8 Å². The van der Waals surface area contributed by atoms with Crippen LogP contribution in [0.2, 0.25) is 0 Å². The Labute approximate surface area is 188 Å². The van der Waals surface area contributed by atoms with Crippen molar-refractivity contribution in [2.45, 2.75) is 26.4 Å². The van der Waals surface area contributed by atoms with Gasteiger partial charge in [-0.05, 0) is 37.1 Å². The molecule has 7 heteroatoms. The highest BCUT2D eigenvalue weighted by atomic mass is 32.1. The van der Waals surface area contributed by atoms with E-state index in [0.717, 1.165) is 27.0 Å². The van der Waals surface area contributed by atoms with Gasteiger partial charge in [0.15, 0.2) is 0 Å². The fraction of sp³-hybridized carbons (Fsp3) is 0.160. The summed E-state index contributed by atoms with van der Waals surface area (Å²) >= 11 is 1.49. The topological polar surface area (TPSA) is 77.1 Å². The average molecular weight is 444 g/mol. The second-order valence-electron chi connectivity index (χ2n) is 7.74. The van der Waals surface area contributed by atoms with Crippen LogP contribution >= 0.6 is 11.3 Å². The van der Waals surface area contributed by atoms with Gasteiger partial charge < -0.3 is 9.73 Å². The third-order valence-electron chi connectivity index (χ3n) is 5.64. The van der Waals surface area contributed by atoms with E-state index < -0.39 is 6.04 Å². The maximum Gasteiger partial charge on any atom is 0.262 e. The third-order valence-corrected chi connectivity index (χ3v) is 6.75. The molecule has 32 heavy (non-hydrogen) atoms. The molecule has 2 aromatic carbocycles. The van der Waals surface area contributed by atoms with Gasteiger partial charge in [-0.25, -0.2) is 4.98 Å². The SMILES string of the molecule is Cc1sc2ncn(CC(=O)NC(c3ccccc3)c3cc4ccccc4o3)c(=O)c2c1C. The molecular formula is C25H21N3O3S. The van der Waals surface area contributed by atoms with E-state index in [1.807, 2.05) is 74.5 Å². The Kier molecular flexibility index (Phi) is 5.11. The number of carbonyl (C=O) groups excluding carboxylic acids is 1. The summed E-state index contributed by atoms with van der Waals surface area (Å²) in [5.74, 6) is 0.336. The van der Waals surface area contributed by atoms with Crippen LogP contribution in [0, 0.1) is 13.8 Å². The lowest BCUT2D eigenvalue weighted by atomic mass is 10.0. The quantitative estimate of drug-likeness (QED) is 0.426. The van der Waals surface area contributed by atoms with Gasteiger partial charge in [-0.3, -0.25) is 14.2 Å². The number of rotatable bonds is 5. The van der Waals surface area contributed by atoms with E-state index in [-0.39, 0.29) is 18.0 Å². The molecule has 6 nitrogen and oxygen atoms in total. The molecule has 0 saturated heterocycles. The highest BCUT2D eigenvalue weighted by Crippen LogP contribution is 2.28. The fourth-order valence-electron chi connectivity index (χ4n) is 3.85. The number of para-hydroxylation sites is 1. The van der Waals surface area contributed by atoms with Gasteiger partial charge >= 0.3 is 0 Å². The van der Waals surface area contributed by atoms with Crippen LogP contribution < -0.4 is 10.9 Å². The molecule has 0 aliphatic heterocycles. The van der Waals surface area contributed by atoms with Crippen molar-refractivity contribution < 1.29 is 9.21 Å². The zero-order valence-electron chi connectivity index (χ0n) is 17.7. The molecule has 5 rings (SSSR count). The lowest BCUT2D eigenvalue weighted by Gasteiger charge is -2.17. The maximum atomic E-state index is 13.0. The molecular weight excluding hydrogens is 422 g/mol. The number of benzene rings is 2. The van der Waals surface area contributed by atoms with Gasteiger partial charge in [-0.2, -0.15) is 0 Å². The normalized spacial score (nSPS) is 12.3. The summed E-state index contributed by atoms with van der Waals surface area (Å²) < 4.78 is 7.40. The number of furan rings is 1. The summed E-state index contributed by atoms with van der Waals surface area (Å²) in [6.45, 7) is 3.75. The monoisotopic (exact) mass is 443 g/mol. The van der Waals surface area contributed by atoms with E-state index in [4.69, 9.17) is 4.42 Å². The molecule has 5 aromatic rings. The number of aryl methyl sites for hydroxylation is 2. The van der Waals surface area contributed by atoms with Gasteiger partial charge in [0.1, 0.15) is 28.8 Å². The van der Waals surface area contributed by atoms with Gasteiger partial charge in [-0.1, -0.05) is 48.5 Å². The zero-order valence-corrected chi connectivity index (χ0v) is 18.5. The largest absolute Gasteiger partial charge is 0.459 e. The minimum Gasteiger partial charge on any atom is -0.459 e. The van der Waals surface area contributed by atoms with E-state index in [2.05, 4.69) is 10.3 Å². The van der Waals surface area contributed by atoms with Crippen molar-refractivity contribution in [2.75, 3.05) is 0 Å². The van der Waals surface area contributed by atoms with Crippen molar-refractivity contribution >= 4 is 38.4 Å². The number of amides is 1. The van der Waals surface area contributed by atoms with Crippen LogP contribution in [-0.4, -0.2) is 15.5 Å². The molecule has 3 aromatic heterocycles. The number of nitrogens with zero attached hydrogens (tertiary/aromatic N) is 2. The van der Waals surface area contributed by atoms with Gasteiger partial charge in [0.2, 0.25) is 5.91 Å². The molecule has 1 unspecified atom stereocenters. The molecule has 0 saturated carbocycles. The third kappa shape index (κ3) is 3.61. The highest BCUT2D eigenvalue weighted by Gasteiger charge is 2.22. The minimum absolute atomic E-state index is 0.125. The first-order chi connectivity index (χ1) is 15.5. The highest BCUT2D eigenvalue weighted by molar-refractivity contribution is 7.18. The Hall–Kier alpha value is -3.71. The molecule has 0 aliphatic rings. The summed E-state index contributed by atoms with van der Waals surface area (Å²) in [6, 6.07) is 18.8. The molecule has 0 bridgehead atoms. The number of fused-ring (bicyclic) bond motifs is 2. The van der Waals surface area contributed by atoms with Crippen LogP contribution in [0.4, 0.5) is 0 Å². The first-order valence-electron chi connectivity index (χ1n) is 10.3. The fourth-order valence-corrected chi connectivity index (χ4v) is 4.84. The molecule has 0 radical (unpaired) electrons. The van der Waals surface area contributed by atoms with Crippen molar-refractivity contribution in [2.24, 2.45) is 0 Å². The number of aromatic nitrogens is 2. The predicted octanol–water partition coefficient (Wildman–Crippen LogP) is 4.73. The smallest absolute Gasteiger partial charge is 0.262 e. The molecule has 0 fully saturated rings. The Morgan fingerprint density at radius 2 is 1.88 bits per heavy atom. The summed E-state index contributed by atoms with van der Waals surface area (Å²) in [6.07, 6.45) is 1.44. The van der Waals surface area contributed by atoms with Gasteiger partial charge in [-0.15, -0.1) is 11.3 Å². The van der Waals surface area contributed by atoms with Crippen molar-refractivity contribution in [1.29, 1.82) is 0 Å². The second kappa shape index (κ2) is 8.09. The molecule has 3 heterocycles. The zero-order chi connectivity index (χ0) is 22.2. The van der Waals surface area contributed by atoms with Gasteiger partial charge in [0.05, 0.1) is 11.7 Å². The minimum atomic E-state index is -0.478. The van der Waals surface area contributed by atoms with E-state index in [9.17, 15) is 9.59 Å². The van der Waals surface area contributed by atoms with E-state index in [0.29, 0.717) is 16.0 Å². The standard InChI is InChI=1S/C25H21N3O3S/c1-15-16(2)32-24-22(15)25(30)28(14-26-24)13-21(29)27-23(17-8-4-3-5-9-17)20-12-18-10-6-7-11-19(18)31-20/h3-12,14,23H,13H2,1-2H3,(H,27,29). The van der Waals surface area contributed by atoms with Crippen LogP contribution in [0.25, 0.3) is 21.2 Å². The van der Waals surface area contributed by atoms with Crippen molar-refractivity contribution in [3.05, 3.63) is 99.1 Å². The molecule has 1 N–H and O–H groups in total. The molecule has 0 spiro atoms. The Morgan fingerprint density at radius 3 is 2.66 bits per heavy atom. The van der Waals surface area contributed by atoms with Crippen LogP contribution in [-0.2, 0) is 11.3 Å². The summed E-state index contributed by atoms with van der Waals surface area (Å²) in [7, 11) is 0. The number of nitrogens with one attached hydrogen (secondary N) is 1. The number of carbonyl (C=O) groups is 1. The number of hydrogen-bond acceptors (Lipinski definition) is 5. The maximum absolute atomic E-state index is 13.0. The lowest BCUT2D eigenvalue weighted by molar-refractivity contribution is -0.122. The van der Waals surface area contributed by atoms with Gasteiger partial charge in [0.25, 0.3) is 5.56 Å². The Bertz CT molecular complexity index is 1460. The van der Waals surface area contributed by atoms with E-state index in [1.54, 1.807) is 0 Å². The summed E-state index contributed by atoms with van der Waals surface area (Å²) in [5.41, 5.74) is 2.37. The number of thiophene rings is 1.